The van der Waals surface area contributed by atoms with Gasteiger partial charge in [-0.2, -0.15) is 0 Å². The molecule has 130 valence electrons. The number of hydrogen-bond acceptors (Lipinski definition) is 4. The largest absolute Gasteiger partial charge is 0.494 e. The van der Waals surface area contributed by atoms with E-state index >= 15 is 0 Å². The van der Waals surface area contributed by atoms with Crippen molar-refractivity contribution in [3.63, 3.8) is 0 Å². The number of benzene rings is 2. The first-order valence-electron chi connectivity index (χ1n) is 7.81. The third-order valence-corrected chi connectivity index (χ3v) is 4.65. The highest BCUT2D eigenvalue weighted by molar-refractivity contribution is 6.43. The minimum atomic E-state index is -0.685. The summed E-state index contributed by atoms with van der Waals surface area (Å²) in [6.07, 6.45) is 0.0505. The average molecular weight is 379 g/mol. The molecule has 5 nitrogen and oxygen atoms in total. The van der Waals surface area contributed by atoms with Gasteiger partial charge in [0.2, 0.25) is 5.91 Å². The first-order valence-corrected chi connectivity index (χ1v) is 8.57. The molecule has 7 heteroatoms. The molecule has 1 atom stereocenters. The summed E-state index contributed by atoms with van der Waals surface area (Å²) in [6, 6.07) is 11.2. The second kappa shape index (κ2) is 7.33. The predicted octanol–water partition coefficient (Wildman–Crippen LogP) is 4.14. The monoisotopic (exact) mass is 378 g/mol. The third kappa shape index (κ3) is 3.57. The first-order chi connectivity index (χ1) is 12.0. The number of halogens is 2. The van der Waals surface area contributed by atoms with Crippen molar-refractivity contribution in [2.75, 3.05) is 16.8 Å². The summed E-state index contributed by atoms with van der Waals surface area (Å²) in [5, 5.41) is 3.71. The van der Waals surface area contributed by atoms with E-state index in [-0.39, 0.29) is 18.2 Å². The smallest absolute Gasteiger partial charge is 0.256 e. The molecule has 1 fully saturated rings. The molecular weight excluding hydrogens is 363 g/mol. The fourth-order valence-corrected chi connectivity index (χ4v) is 3.03. The van der Waals surface area contributed by atoms with Gasteiger partial charge in [-0.3, -0.25) is 9.59 Å². The van der Waals surface area contributed by atoms with Crippen molar-refractivity contribution in [2.24, 2.45) is 0 Å². The number of rotatable bonds is 5. The summed E-state index contributed by atoms with van der Waals surface area (Å²) < 4.78 is 5.37. The summed E-state index contributed by atoms with van der Waals surface area (Å²) >= 11 is 12.1. The molecule has 0 saturated carbocycles. The summed E-state index contributed by atoms with van der Waals surface area (Å²) in [5.41, 5.74) is 1.04. The highest BCUT2D eigenvalue weighted by Crippen LogP contribution is 2.32. The number of nitrogens with one attached hydrogen (secondary N) is 1. The first kappa shape index (κ1) is 17.6. The molecule has 25 heavy (non-hydrogen) atoms. The van der Waals surface area contributed by atoms with Gasteiger partial charge in [0, 0.05) is 0 Å². The Morgan fingerprint density at radius 1 is 1.16 bits per heavy atom. The van der Waals surface area contributed by atoms with Crippen molar-refractivity contribution >= 4 is 46.4 Å². The Balaban J connectivity index is 1.79. The maximum atomic E-state index is 12.7. The fourth-order valence-electron chi connectivity index (χ4n) is 2.68. The predicted molar refractivity (Wildman–Crippen MR) is 98.6 cm³/mol. The van der Waals surface area contributed by atoms with Crippen LogP contribution in [0.5, 0.6) is 5.75 Å². The highest BCUT2D eigenvalue weighted by Gasteiger charge is 2.39. The molecule has 1 N–H and O–H groups in total. The lowest BCUT2D eigenvalue weighted by Gasteiger charge is -2.17. The summed E-state index contributed by atoms with van der Waals surface area (Å²) in [5.74, 6) is 0.0840. The van der Waals surface area contributed by atoms with E-state index in [1.54, 1.807) is 42.5 Å². The van der Waals surface area contributed by atoms with Crippen LogP contribution in [0.1, 0.15) is 13.3 Å². The Morgan fingerprint density at radius 3 is 2.56 bits per heavy atom. The van der Waals surface area contributed by atoms with Crippen molar-refractivity contribution in [1.82, 2.24) is 0 Å². The molecule has 0 radical (unpaired) electrons. The van der Waals surface area contributed by atoms with Gasteiger partial charge in [0.05, 0.1) is 34.4 Å². The van der Waals surface area contributed by atoms with Gasteiger partial charge in [0.15, 0.2) is 0 Å². The minimum absolute atomic E-state index is 0.0505. The van der Waals surface area contributed by atoms with Crippen LogP contribution in [-0.4, -0.2) is 24.5 Å². The molecule has 1 aliphatic heterocycles. The number of nitrogens with zero attached hydrogens (tertiary/aromatic N) is 1. The minimum Gasteiger partial charge on any atom is -0.494 e. The van der Waals surface area contributed by atoms with Gasteiger partial charge in [-0.15, -0.1) is 0 Å². The molecule has 2 amide bonds. The van der Waals surface area contributed by atoms with E-state index in [0.717, 1.165) is 0 Å². The van der Waals surface area contributed by atoms with Crippen LogP contribution >= 0.6 is 23.2 Å². The molecular formula is C18H16Cl2N2O3. The average Bonchev–Trinajstić information content (AvgIpc) is 2.87. The van der Waals surface area contributed by atoms with Crippen molar-refractivity contribution in [2.45, 2.75) is 19.4 Å². The van der Waals surface area contributed by atoms with E-state index in [2.05, 4.69) is 5.32 Å². The lowest BCUT2D eigenvalue weighted by Crippen LogP contribution is -2.34. The molecule has 2 aromatic rings. The van der Waals surface area contributed by atoms with Gasteiger partial charge in [0.1, 0.15) is 11.8 Å². The molecule has 3 rings (SSSR count). The van der Waals surface area contributed by atoms with E-state index in [4.69, 9.17) is 27.9 Å². The molecule has 1 saturated heterocycles. The third-order valence-electron chi connectivity index (χ3n) is 3.83. The van der Waals surface area contributed by atoms with Gasteiger partial charge >= 0.3 is 0 Å². The highest BCUT2D eigenvalue weighted by atomic mass is 35.5. The zero-order valence-corrected chi connectivity index (χ0v) is 15.0. The SMILES string of the molecule is CCOc1ccc(N2C(=O)C[C@@H](Nc3cccc(Cl)c3Cl)C2=O)cc1. The molecule has 1 aliphatic rings. The number of imide groups is 1. The fraction of sp³-hybridized carbons (Fsp3) is 0.222. The normalized spacial score (nSPS) is 17.1. The summed E-state index contributed by atoms with van der Waals surface area (Å²) in [7, 11) is 0. The van der Waals surface area contributed by atoms with E-state index < -0.39 is 6.04 Å². The van der Waals surface area contributed by atoms with Crippen LogP contribution in [0.15, 0.2) is 42.5 Å². The number of carbonyl (C=O) groups excluding carboxylic acids is 2. The van der Waals surface area contributed by atoms with Crippen molar-refractivity contribution in [1.29, 1.82) is 0 Å². The van der Waals surface area contributed by atoms with Gasteiger partial charge in [0.25, 0.3) is 5.91 Å². The molecule has 0 bridgehead atoms. The lowest BCUT2D eigenvalue weighted by atomic mass is 10.2. The summed E-state index contributed by atoms with van der Waals surface area (Å²) in [6.45, 7) is 2.44. The number of amides is 2. The van der Waals surface area contributed by atoms with E-state index in [1.807, 2.05) is 6.92 Å². The molecule has 0 aromatic heterocycles. The van der Waals surface area contributed by atoms with Crippen LogP contribution in [0, 0.1) is 0 Å². The van der Waals surface area contributed by atoms with E-state index in [1.165, 1.54) is 4.90 Å². The molecule has 2 aromatic carbocycles. The van der Waals surface area contributed by atoms with Crippen molar-refractivity contribution < 1.29 is 14.3 Å². The van der Waals surface area contributed by atoms with Crippen LogP contribution in [0.2, 0.25) is 10.0 Å². The van der Waals surface area contributed by atoms with E-state index in [9.17, 15) is 9.59 Å². The van der Waals surface area contributed by atoms with Crippen molar-refractivity contribution in [3.8, 4) is 5.75 Å². The van der Waals surface area contributed by atoms with Gasteiger partial charge in [-0.25, -0.2) is 4.90 Å². The second-order valence-corrected chi connectivity index (χ2v) is 6.28. The standard InChI is InChI=1S/C18H16Cl2N2O3/c1-2-25-12-8-6-11(7-9-12)22-16(23)10-15(18(22)24)21-14-5-3-4-13(19)17(14)20/h3-9,15,21H,2,10H2,1H3/t15-/m1/s1. The maximum Gasteiger partial charge on any atom is 0.256 e. The Labute approximate surface area is 155 Å². The van der Waals surface area contributed by atoms with Crippen molar-refractivity contribution in [3.05, 3.63) is 52.5 Å². The second-order valence-electron chi connectivity index (χ2n) is 5.50. The zero-order chi connectivity index (χ0) is 18.0. The van der Waals surface area contributed by atoms with Gasteiger partial charge < -0.3 is 10.1 Å². The Kier molecular flexibility index (Phi) is 5.16. The van der Waals surface area contributed by atoms with Crippen LogP contribution in [0.3, 0.4) is 0 Å². The van der Waals surface area contributed by atoms with Crippen LogP contribution < -0.4 is 15.0 Å². The zero-order valence-electron chi connectivity index (χ0n) is 13.5. The number of anilines is 2. The van der Waals surface area contributed by atoms with Gasteiger partial charge in [-0.05, 0) is 43.3 Å². The Morgan fingerprint density at radius 2 is 1.88 bits per heavy atom. The van der Waals surface area contributed by atoms with Crippen LogP contribution in [0.4, 0.5) is 11.4 Å². The number of hydrogen-bond donors (Lipinski definition) is 1. The number of carbonyl (C=O) groups is 2. The molecule has 0 aliphatic carbocycles. The Hall–Kier alpha value is -2.24. The van der Waals surface area contributed by atoms with Gasteiger partial charge in [-0.1, -0.05) is 29.3 Å². The topological polar surface area (TPSA) is 58.6 Å². The maximum absolute atomic E-state index is 12.7. The lowest BCUT2D eigenvalue weighted by molar-refractivity contribution is -0.121. The Bertz CT molecular complexity index is 808. The number of ether oxygens (including phenoxy) is 1. The van der Waals surface area contributed by atoms with Crippen LogP contribution in [0.25, 0.3) is 0 Å². The molecule has 0 unspecified atom stereocenters. The quantitative estimate of drug-likeness (QED) is 0.794. The molecule has 0 spiro atoms. The molecule has 1 heterocycles. The van der Waals surface area contributed by atoms with E-state index in [0.29, 0.717) is 33.8 Å². The summed E-state index contributed by atoms with van der Waals surface area (Å²) in [4.78, 5) is 26.2. The van der Waals surface area contributed by atoms with Crippen LogP contribution in [-0.2, 0) is 9.59 Å².